The molecule has 1 heterocycles. The molecule has 4 heteroatoms. The molecule has 1 aliphatic heterocycles. The second-order valence-electron chi connectivity index (χ2n) is 1.32. The molecule has 10 heavy (non-hydrogen) atoms. The second-order valence-corrected chi connectivity index (χ2v) is 1.32. The Morgan fingerprint density at radius 3 is 1.30 bits per heavy atom. The van der Waals surface area contributed by atoms with Gasteiger partial charge in [0.25, 0.3) is 0 Å². The van der Waals surface area contributed by atoms with Gasteiger partial charge in [0.15, 0.2) is 0 Å². The number of hydrogen-bond acceptors (Lipinski definition) is 1. The van der Waals surface area contributed by atoms with Crippen molar-refractivity contribution in [2.24, 2.45) is 0 Å². The molecule has 1 rings (SSSR count). The predicted octanol–water partition coefficient (Wildman–Crippen LogP) is -5.33. The van der Waals surface area contributed by atoms with E-state index in [1.807, 2.05) is 0 Å². The standard InChI is InChI=1S/C4H8O.C2H2.2BrH.Mg/c1-2-4-5-3-1;1-2;;;/h1-4H2;1-2H;2*1H;/q;;;;+2/p-2. The van der Waals surface area contributed by atoms with E-state index in [2.05, 4.69) is 12.8 Å². The molecule has 0 spiro atoms. The van der Waals surface area contributed by atoms with Crippen molar-refractivity contribution in [3.05, 3.63) is 0 Å². The quantitative estimate of drug-likeness (QED) is 0.319. The smallest absolute Gasteiger partial charge is 1.00 e. The molecular weight excluding hydrogens is 272 g/mol. The summed E-state index contributed by atoms with van der Waals surface area (Å²) in [5, 5.41) is 0. The second kappa shape index (κ2) is 22.5. The molecule has 0 atom stereocenters. The zero-order chi connectivity index (χ0) is 5.54. The van der Waals surface area contributed by atoms with Gasteiger partial charge in [-0.25, -0.2) is 0 Å². The average molecular weight is 282 g/mol. The van der Waals surface area contributed by atoms with Crippen LogP contribution in [-0.4, -0.2) is 36.3 Å². The monoisotopic (exact) mass is 280 g/mol. The van der Waals surface area contributed by atoms with Crippen LogP contribution in [0.25, 0.3) is 0 Å². The molecule has 0 aromatic rings. The summed E-state index contributed by atoms with van der Waals surface area (Å²) in [6, 6.07) is 0. The largest absolute Gasteiger partial charge is 2.00 e. The fourth-order valence-electron chi connectivity index (χ4n) is 0.510. The number of rotatable bonds is 0. The SMILES string of the molecule is C#C.C1CCOC1.[Br-].[Br-].[Mg+2]. The average Bonchev–Trinajstić information content (AvgIpc) is 2.23. The van der Waals surface area contributed by atoms with Crippen LogP contribution in [0.5, 0.6) is 0 Å². The molecule has 0 radical (unpaired) electrons. The maximum Gasteiger partial charge on any atom is 2.00 e. The van der Waals surface area contributed by atoms with Crippen molar-refractivity contribution in [3.63, 3.8) is 0 Å². The minimum atomic E-state index is 0. The van der Waals surface area contributed by atoms with Crippen molar-refractivity contribution in [1.29, 1.82) is 0 Å². The van der Waals surface area contributed by atoms with Crippen molar-refractivity contribution < 1.29 is 38.7 Å². The summed E-state index contributed by atoms with van der Waals surface area (Å²) in [4.78, 5) is 0. The Balaban J connectivity index is -0.0000000337. The van der Waals surface area contributed by atoms with Gasteiger partial charge < -0.3 is 38.7 Å². The van der Waals surface area contributed by atoms with Gasteiger partial charge >= 0.3 is 23.1 Å². The van der Waals surface area contributed by atoms with Crippen molar-refractivity contribution in [2.45, 2.75) is 12.8 Å². The van der Waals surface area contributed by atoms with Gasteiger partial charge in [0.2, 0.25) is 0 Å². The van der Waals surface area contributed by atoms with Crippen LogP contribution in [0, 0.1) is 12.8 Å². The molecule has 0 N–H and O–H groups in total. The summed E-state index contributed by atoms with van der Waals surface area (Å²) in [5.41, 5.74) is 0. The Kier molecular flexibility index (Phi) is 50.5. The van der Waals surface area contributed by atoms with E-state index in [0.717, 1.165) is 13.2 Å². The molecule has 0 amide bonds. The topological polar surface area (TPSA) is 9.23 Å². The first kappa shape index (κ1) is 22.5. The van der Waals surface area contributed by atoms with Crippen molar-refractivity contribution in [2.75, 3.05) is 13.2 Å². The van der Waals surface area contributed by atoms with Crippen molar-refractivity contribution in [1.82, 2.24) is 0 Å². The first-order valence-electron chi connectivity index (χ1n) is 2.41. The molecule has 0 saturated carbocycles. The number of ether oxygens (including phenoxy) is 1. The van der Waals surface area contributed by atoms with Crippen molar-refractivity contribution in [3.8, 4) is 12.8 Å². The van der Waals surface area contributed by atoms with Crippen LogP contribution in [0.15, 0.2) is 0 Å². The maximum atomic E-state index is 4.94. The van der Waals surface area contributed by atoms with E-state index in [1.165, 1.54) is 12.8 Å². The fraction of sp³-hybridized carbons (Fsp3) is 0.667. The van der Waals surface area contributed by atoms with Crippen LogP contribution < -0.4 is 34.0 Å². The molecule has 1 saturated heterocycles. The molecule has 0 aliphatic carbocycles. The number of halogens is 2. The van der Waals surface area contributed by atoms with Gasteiger partial charge in [-0.1, -0.05) is 0 Å². The molecule has 1 fully saturated rings. The predicted molar refractivity (Wildman–Crippen MR) is 35.7 cm³/mol. The van der Waals surface area contributed by atoms with E-state index in [9.17, 15) is 0 Å². The minimum absolute atomic E-state index is 0. The molecule has 1 nitrogen and oxygen atoms in total. The minimum Gasteiger partial charge on any atom is -1.00 e. The summed E-state index contributed by atoms with van der Waals surface area (Å²) in [5.74, 6) is 0. The maximum absolute atomic E-state index is 4.94. The van der Waals surface area contributed by atoms with Gasteiger partial charge in [-0.2, -0.15) is 0 Å². The van der Waals surface area contributed by atoms with Gasteiger partial charge in [-0.15, -0.1) is 12.8 Å². The summed E-state index contributed by atoms with van der Waals surface area (Å²) >= 11 is 0. The Morgan fingerprint density at radius 2 is 1.20 bits per heavy atom. The van der Waals surface area contributed by atoms with Gasteiger partial charge in [0.05, 0.1) is 0 Å². The van der Waals surface area contributed by atoms with Crippen molar-refractivity contribution >= 4 is 23.1 Å². The normalized spacial score (nSPS) is 12.2. The van der Waals surface area contributed by atoms with Crippen LogP contribution in [0.1, 0.15) is 12.8 Å². The third kappa shape index (κ3) is 16.1. The number of hydrogen-bond donors (Lipinski definition) is 0. The summed E-state index contributed by atoms with van der Waals surface area (Å²) in [7, 11) is 0. The Bertz CT molecular complexity index is 47.3. The third-order valence-corrected chi connectivity index (χ3v) is 0.827. The third-order valence-electron chi connectivity index (χ3n) is 0.827. The summed E-state index contributed by atoms with van der Waals surface area (Å²) < 4.78 is 4.94. The van der Waals surface area contributed by atoms with E-state index in [4.69, 9.17) is 4.74 Å². The van der Waals surface area contributed by atoms with Crippen LogP contribution in [0.4, 0.5) is 0 Å². The summed E-state index contributed by atoms with van der Waals surface area (Å²) in [6.07, 6.45) is 10.6. The molecule has 0 aromatic heterocycles. The van der Waals surface area contributed by atoms with Crippen LogP contribution in [0.2, 0.25) is 0 Å². The first-order valence-corrected chi connectivity index (χ1v) is 2.41. The van der Waals surface area contributed by atoms with E-state index in [1.54, 1.807) is 0 Å². The van der Waals surface area contributed by atoms with Gasteiger partial charge in [0.1, 0.15) is 0 Å². The molecule has 1 aliphatic rings. The zero-order valence-electron chi connectivity index (χ0n) is 5.85. The van der Waals surface area contributed by atoms with E-state index in [0.29, 0.717) is 0 Å². The van der Waals surface area contributed by atoms with Crippen LogP contribution >= 0.6 is 0 Å². The summed E-state index contributed by atoms with van der Waals surface area (Å²) in [6.45, 7) is 2.00. The molecule has 56 valence electrons. The van der Waals surface area contributed by atoms with Gasteiger partial charge in [-0.3, -0.25) is 0 Å². The Hall–Kier alpha value is 1.25. The van der Waals surface area contributed by atoms with Crippen LogP contribution in [0.3, 0.4) is 0 Å². The first-order chi connectivity index (χ1) is 3.50. The van der Waals surface area contributed by atoms with Gasteiger partial charge in [0, 0.05) is 13.2 Å². The molecular formula is C6H10Br2MgO. The molecule has 0 bridgehead atoms. The van der Waals surface area contributed by atoms with E-state index < -0.39 is 0 Å². The van der Waals surface area contributed by atoms with Crippen LogP contribution in [-0.2, 0) is 4.74 Å². The Morgan fingerprint density at radius 1 is 0.900 bits per heavy atom. The van der Waals surface area contributed by atoms with Gasteiger partial charge in [-0.05, 0) is 12.8 Å². The molecule has 0 aromatic carbocycles. The van der Waals surface area contributed by atoms with E-state index >= 15 is 0 Å². The number of terminal acetylenes is 1. The zero-order valence-corrected chi connectivity index (χ0v) is 10.4. The molecule has 0 unspecified atom stereocenters. The fourth-order valence-corrected chi connectivity index (χ4v) is 0.510. The van der Waals surface area contributed by atoms with E-state index in [-0.39, 0.29) is 57.0 Å². The Labute approximate surface area is 100.0 Å².